The van der Waals surface area contributed by atoms with Crippen LogP contribution in [0.25, 0.3) is 0 Å². The molecule has 3 atom stereocenters. The molecule has 0 spiro atoms. The number of hydrogen-bond donors (Lipinski definition) is 1. The van der Waals surface area contributed by atoms with Crippen LogP contribution in [0.5, 0.6) is 0 Å². The van der Waals surface area contributed by atoms with Crippen LogP contribution in [0.4, 0.5) is 0 Å². The fourth-order valence-electron chi connectivity index (χ4n) is 3.27. The van der Waals surface area contributed by atoms with Crippen LogP contribution in [-0.2, 0) is 0 Å². The molecule has 2 N–H and O–H groups in total. The number of hydrogen-bond acceptors (Lipinski definition) is 1. The molecular weight excluding hydrogens is 134 g/mol. The van der Waals surface area contributed by atoms with Crippen molar-refractivity contribution in [1.82, 2.24) is 0 Å². The lowest BCUT2D eigenvalue weighted by Gasteiger charge is -2.37. The number of nitrogens with two attached hydrogens (primary N) is 1. The molecule has 1 nitrogen and oxygen atoms in total. The van der Waals surface area contributed by atoms with Gasteiger partial charge in [0.2, 0.25) is 0 Å². The van der Waals surface area contributed by atoms with Gasteiger partial charge in [0, 0.05) is 6.04 Å². The Morgan fingerprint density at radius 3 is 2.09 bits per heavy atom. The van der Waals surface area contributed by atoms with Crippen LogP contribution in [0, 0.1) is 16.7 Å². The molecule has 11 heavy (non-hydrogen) atoms. The fraction of sp³-hybridized carbons (Fsp3) is 1.00. The van der Waals surface area contributed by atoms with Crippen molar-refractivity contribution in [2.75, 3.05) is 0 Å². The highest BCUT2D eigenvalue weighted by Gasteiger charge is 2.59. The van der Waals surface area contributed by atoms with E-state index >= 15 is 0 Å². The minimum atomic E-state index is 0.442. The van der Waals surface area contributed by atoms with Crippen molar-refractivity contribution < 1.29 is 0 Å². The minimum Gasteiger partial charge on any atom is -0.327 e. The summed E-state index contributed by atoms with van der Waals surface area (Å²) in [6.07, 6.45) is 4.03. The molecule has 0 amide bonds. The van der Waals surface area contributed by atoms with E-state index in [9.17, 15) is 0 Å². The topological polar surface area (TPSA) is 26.0 Å². The van der Waals surface area contributed by atoms with Crippen LogP contribution in [0.15, 0.2) is 0 Å². The highest BCUT2D eigenvalue weighted by atomic mass is 14.8. The summed E-state index contributed by atoms with van der Waals surface area (Å²) in [6, 6.07) is 0.469. The van der Waals surface area contributed by atoms with Gasteiger partial charge < -0.3 is 5.73 Å². The highest BCUT2D eigenvalue weighted by molar-refractivity contribution is 5.11. The Bertz CT molecular complexity index is 185. The van der Waals surface area contributed by atoms with Gasteiger partial charge in [-0.1, -0.05) is 20.8 Å². The van der Waals surface area contributed by atoms with Crippen molar-refractivity contribution in [3.8, 4) is 0 Å². The van der Waals surface area contributed by atoms with Gasteiger partial charge in [-0.3, -0.25) is 0 Å². The van der Waals surface area contributed by atoms with E-state index in [-0.39, 0.29) is 0 Å². The van der Waals surface area contributed by atoms with E-state index in [2.05, 4.69) is 20.8 Å². The van der Waals surface area contributed by atoms with Crippen LogP contribution in [-0.4, -0.2) is 6.04 Å². The predicted octanol–water partition coefficient (Wildman–Crippen LogP) is 2.16. The predicted molar refractivity (Wildman–Crippen MR) is 47.2 cm³/mol. The molecule has 0 aromatic heterocycles. The summed E-state index contributed by atoms with van der Waals surface area (Å²) < 4.78 is 0. The molecule has 0 aromatic rings. The van der Waals surface area contributed by atoms with Crippen molar-refractivity contribution in [2.45, 2.75) is 46.1 Å². The first kappa shape index (κ1) is 7.60. The fourth-order valence-corrected chi connectivity index (χ4v) is 3.27. The molecule has 2 unspecified atom stereocenters. The molecular formula is C10H19N. The molecule has 2 bridgehead atoms. The molecule has 2 rings (SSSR count). The van der Waals surface area contributed by atoms with Crippen molar-refractivity contribution in [2.24, 2.45) is 22.5 Å². The average Bonchev–Trinajstić information content (AvgIpc) is 2.20. The Morgan fingerprint density at radius 1 is 1.27 bits per heavy atom. The molecule has 2 aliphatic rings. The highest BCUT2D eigenvalue weighted by Crippen LogP contribution is 2.64. The second-order valence-corrected chi connectivity index (χ2v) is 5.22. The molecule has 1 heteroatoms. The van der Waals surface area contributed by atoms with Gasteiger partial charge in [0.05, 0.1) is 0 Å². The largest absolute Gasteiger partial charge is 0.327 e. The molecule has 0 saturated heterocycles. The minimum absolute atomic E-state index is 0.442. The second kappa shape index (κ2) is 1.82. The molecule has 2 aliphatic carbocycles. The molecule has 0 radical (unpaired) electrons. The molecule has 0 heterocycles. The van der Waals surface area contributed by atoms with E-state index in [0.29, 0.717) is 16.9 Å². The van der Waals surface area contributed by atoms with Crippen LogP contribution >= 0.6 is 0 Å². The zero-order valence-electron chi connectivity index (χ0n) is 7.85. The lowest BCUT2D eigenvalue weighted by molar-refractivity contribution is 0.136. The maximum Gasteiger partial charge on any atom is 0.0101 e. The van der Waals surface area contributed by atoms with Gasteiger partial charge in [0.15, 0.2) is 0 Å². The van der Waals surface area contributed by atoms with Crippen molar-refractivity contribution in [3.63, 3.8) is 0 Å². The van der Waals surface area contributed by atoms with E-state index in [1.165, 1.54) is 19.3 Å². The first-order chi connectivity index (χ1) is 4.98. The van der Waals surface area contributed by atoms with E-state index in [4.69, 9.17) is 5.73 Å². The molecule has 64 valence electrons. The Labute approximate surface area is 69.4 Å². The normalized spacial score (nSPS) is 53.5. The van der Waals surface area contributed by atoms with Crippen LogP contribution < -0.4 is 5.73 Å². The average molecular weight is 153 g/mol. The van der Waals surface area contributed by atoms with Crippen LogP contribution in [0.1, 0.15) is 40.0 Å². The van der Waals surface area contributed by atoms with Crippen LogP contribution in [0.3, 0.4) is 0 Å². The lowest BCUT2D eigenvalue weighted by Crippen LogP contribution is -2.40. The number of fused-ring (bicyclic) bond motifs is 2. The summed E-state index contributed by atoms with van der Waals surface area (Å²) >= 11 is 0. The molecule has 2 saturated carbocycles. The molecule has 0 aliphatic heterocycles. The van der Waals surface area contributed by atoms with Gasteiger partial charge in [-0.25, -0.2) is 0 Å². The monoisotopic (exact) mass is 153 g/mol. The van der Waals surface area contributed by atoms with Gasteiger partial charge in [-0.05, 0) is 36.0 Å². The second-order valence-electron chi connectivity index (χ2n) is 5.22. The van der Waals surface area contributed by atoms with Crippen molar-refractivity contribution in [1.29, 1.82) is 0 Å². The van der Waals surface area contributed by atoms with Gasteiger partial charge >= 0.3 is 0 Å². The summed E-state index contributed by atoms with van der Waals surface area (Å²) in [7, 11) is 0. The summed E-state index contributed by atoms with van der Waals surface area (Å²) in [5.74, 6) is 0.905. The third-order valence-corrected chi connectivity index (χ3v) is 4.86. The van der Waals surface area contributed by atoms with E-state index in [1.807, 2.05) is 0 Å². The van der Waals surface area contributed by atoms with E-state index in [0.717, 1.165) is 5.92 Å². The maximum atomic E-state index is 6.13. The van der Waals surface area contributed by atoms with Gasteiger partial charge in [-0.2, -0.15) is 0 Å². The lowest BCUT2D eigenvalue weighted by atomic mass is 9.69. The van der Waals surface area contributed by atoms with Crippen molar-refractivity contribution in [3.05, 3.63) is 0 Å². The zero-order valence-corrected chi connectivity index (χ0v) is 7.85. The molecule has 0 aromatic carbocycles. The van der Waals surface area contributed by atoms with E-state index in [1.54, 1.807) is 0 Å². The smallest absolute Gasteiger partial charge is 0.0101 e. The zero-order chi connectivity index (χ0) is 8.28. The van der Waals surface area contributed by atoms with Gasteiger partial charge in [0.1, 0.15) is 0 Å². The Balaban J connectivity index is 2.40. The Kier molecular flexibility index (Phi) is 1.26. The summed E-state index contributed by atoms with van der Waals surface area (Å²) in [5.41, 5.74) is 7.08. The van der Waals surface area contributed by atoms with Gasteiger partial charge in [0.25, 0.3) is 0 Å². The summed E-state index contributed by atoms with van der Waals surface area (Å²) in [5, 5.41) is 0. The van der Waals surface area contributed by atoms with Crippen molar-refractivity contribution >= 4 is 0 Å². The number of rotatable bonds is 0. The van der Waals surface area contributed by atoms with Crippen LogP contribution in [0.2, 0.25) is 0 Å². The Morgan fingerprint density at radius 2 is 1.91 bits per heavy atom. The standard InChI is InChI=1S/C10H19N/c1-9(2)7-4-5-10(9,3)8(11)6-7/h7-8H,4-6,11H2,1-3H3/t7?,8-,10?/m1/s1. The Hall–Kier alpha value is -0.0400. The SMILES string of the molecule is CC1(C)C2CCC1(C)[C@H](N)C2. The first-order valence-electron chi connectivity index (χ1n) is 4.74. The third kappa shape index (κ3) is 0.658. The third-order valence-electron chi connectivity index (χ3n) is 4.86. The summed E-state index contributed by atoms with van der Waals surface area (Å²) in [6.45, 7) is 7.18. The summed E-state index contributed by atoms with van der Waals surface area (Å²) in [4.78, 5) is 0. The maximum absolute atomic E-state index is 6.13. The molecule has 2 fully saturated rings. The quantitative estimate of drug-likeness (QED) is 0.567. The van der Waals surface area contributed by atoms with E-state index < -0.39 is 0 Å². The first-order valence-corrected chi connectivity index (χ1v) is 4.74. The van der Waals surface area contributed by atoms with Gasteiger partial charge in [-0.15, -0.1) is 0 Å².